The summed E-state index contributed by atoms with van der Waals surface area (Å²) >= 11 is 0. The predicted molar refractivity (Wildman–Crippen MR) is 101 cm³/mol. The number of halogens is 1. The lowest BCUT2D eigenvalue weighted by atomic mass is 10.1. The fraction of sp³-hybridized carbons (Fsp3) is 0.0909. The number of benzene rings is 3. The van der Waals surface area contributed by atoms with Crippen molar-refractivity contribution < 1.29 is 9.18 Å². The van der Waals surface area contributed by atoms with Crippen LogP contribution in [0.25, 0.3) is 0 Å². The zero-order valence-electron chi connectivity index (χ0n) is 14.1. The maximum absolute atomic E-state index is 13.6. The highest BCUT2D eigenvalue weighted by molar-refractivity contribution is 6.17. The van der Waals surface area contributed by atoms with Crippen molar-refractivity contribution in [1.82, 2.24) is 0 Å². The Morgan fingerprint density at radius 1 is 0.923 bits per heavy atom. The number of rotatable bonds is 3. The monoisotopic (exact) mass is 344 g/mol. The van der Waals surface area contributed by atoms with Crippen LogP contribution in [0.4, 0.5) is 15.8 Å². The lowest BCUT2D eigenvalue weighted by Gasteiger charge is -2.22. The van der Waals surface area contributed by atoms with Gasteiger partial charge in [0.15, 0.2) is 0 Å². The first-order valence-electron chi connectivity index (χ1n) is 8.47. The van der Waals surface area contributed by atoms with Gasteiger partial charge in [-0.25, -0.2) is 4.39 Å². The molecule has 0 aliphatic carbocycles. The zero-order chi connectivity index (χ0) is 17.9. The summed E-state index contributed by atoms with van der Waals surface area (Å²) < 4.78 is 13.6. The van der Waals surface area contributed by atoms with Crippen LogP contribution in [0.3, 0.4) is 0 Å². The quantitative estimate of drug-likeness (QED) is 0.666. The number of anilines is 1. The molecule has 0 spiro atoms. The van der Waals surface area contributed by atoms with Crippen LogP contribution >= 0.6 is 0 Å². The Labute approximate surface area is 151 Å². The molecule has 0 N–H and O–H groups in total. The van der Waals surface area contributed by atoms with E-state index >= 15 is 0 Å². The molecule has 1 aliphatic heterocycles. The molecule has 1 aliphatic rings. The lowest BCUT2D eigenvalue weighted by molar-refractivity contribution is -0.117. The Balaban J connectivity index is 1.75. The fourth-order valence-corrected chi connectivity index (χ4v) is 3.13. The second-order valence-electron chi connectivity index (χ2n) is 6.20. The van der Waals surface area contributed by atoms with Crippen molar-refractivity contribution in [3.05, 3.63) is 95.8 Å². The first-order chi connectivity index (χ1) is 12.7. The molecule has 0 radical (unpaired) electrons. The third kappa shape index (κ3) is 3.26. The molecule has 128 valence electrons. The molecule has 0 bridgehead atoms. The number of fused-ring (bicyclic) bond motifs is 1. The van der Waals surface area contributed by atoms with Crippen molar-refractivity contribution in [2.45, 2.75) is 13.0 Å². The average Bonchev–Trinajstić information content (AvgIpc) is 2.80. The summed E-state index contributed by atoms with van der Waals surface area (Å²) in [6, 6.07) is 23.6. The standard InChI is InChI=1S/C22H17FN2O/c23-18-10-6-7-16(13-18)15-25-21-12-5-4-11-19(21)24-20(14-22(25)26)17-8-2-1-3-9-17/h1-13H,14-15H2. The Morgan fingerprint density at radius 2 is 1.69 bits per heavy atom. The van der Waals surface area contributed by atoms with Gasteiger partial charge in [-0.05, 0) is 35.4 Å². The van der Waals surface area contributed by atoms with Gasteiger partial charge in [0, 0.05) is 0 Å². The van der Waals surface area contributed by atoms with Crippen LogP contribution < -0.4 is 4.90 Å². The minimum atomic E-state index is -0.306. The van der Waals surface area contributed by atoms with Crippen LogP contribution in [-0.4, -0.2) is 11.6 Å². The summed E-state index contributed by atoms with van der Waals surface area (Å²) in [4.78, 5) is 19.4. The second-order valence-corrected chi connectivity index (χ2v) is 6.20. The number of nitrogens with zero attached hydrogens (tertiary/aromatic N) is 2. The molecule has 0 fully saturated rings. The maximum Gasteiger partial charge on any atom is 0.233 e. The number of hydrogen-bond donors (Lipinski definition) is 0. The van der Waals surface area contributed by atoms with E-state index in [0.29, 0.717) is 6.54 Å². The van der Waals surface area contributed by atoms with E-state index in [9.17, 15) is 9.18 Å². The highest BCUT2D eigenvalue weighted by atomic mass is 19.1. The summed E-state index contributed by atoms with van der Waals surface area (Å²) in [6.07, 6.45) is 0.202. The Kier molecular flexibility index (Phi) is 4.32. The fourth-order valence-electron chi connectivity index (χ4n) is 3.13. The van der Waals surface area contributed by atoms with E-state index in [0.717, 1.165) is 28.2 Å². The minimum absolute atomic E-state index is 0.0539. The molecule has 0 aromatic heterocycles. The highest BCUT2D eigenvalue weighted by Gasteiger charge is 2.24. The SMILES string of the molecule is O=C1CC(c2ccccc2)=Nc2ccccc2N1Cc1cccc(F)c1. The molecular weight excluding hydrogens is 327 g/mol. The summed E-state index contributed by atoms with van der Waals surface area (Å²) in [5, 5.41) is 0. The van der Waals surface area contributed by atoms with E-state index in [2.05, 4.69) is 0 Å². The van der Waals surface area contributed by atoms with Gasteiger partial charge in [-0.2, -0.15) is 0 Å². The van der Waals surface area contributed by atoms with E-state index in [-0.39, 0.29) is 18.1 Å². The van der Waals surface area contributed by atoms with Crippen LogP contribution in [0.15, 0.2) is 83.9 Å². The first-order valence-corrected chi connectivity index (χ1v) is 8.47. The van der Waals surface area contributed by atoms with Crippen molar-refractivity contribution in [1.29, 1.82) is 0 Å². The van der Waals surface area contributed by atoms with E-state index < -0.39 is 0 Å². The Morgan fingerprint density at radius 3 is 2.50 bits per heavy atom. The van der Waals surface area contributed by atoms with Gasteiger partial charge >= 0.3 is 0 Å². The van der Waals surface area contributed by atoms with Crippen molar-refractivity contribution >= 4 is 23.0 Å². The average molecular weight is 344 g/mol. The maximum atomic E-state index is 13.6. The topological polar surface area (TPSA) is 32.7 Å². The molecule has 1 amide bonds. The van der Waals surface area contributed by atoms with Gasteiger partial charge in [0.2, 0.25) is 5.91 Å². The van der Waals surface area contributed by atoms with Gasteiger partial charge in [-0.15, -0.1) is 0 Å². The molecule has 3 nitrogen and oxygen atoms in total. The van der Waals surface area contributed by atoms with Crippen LogP contribution in [-0.2, 0) is 11.3 Å². The molecule has 26 heavy (non-hydrogen) atoms. The molecule has 3 aromatic carbocycles. The predicted octanol–water partition coefficient (Wildman–Crippen LogP) is 4.88. The number of aliphatic imine (C=N–C) groups is 1. The highest BCUT2D eigenvalue weighted by Crippen LogP contribution is 2.33. The number of hydrogen-bond acceptors (Lipinski definition) is 2. The van der Waals surface area contributed by atoms with Crippen LogP contribution in [0.2, 0.25) is 0 Å². The molecule has 0 atom stereocenters. The van der Waals surface area contributed by atoms with Gasteiger partial charge in [0.05, 0.1) is 30.1 Å². The molecule has 1 heterocycles. The normalized spacial score (nSPS) is 13.8. The summed E-state index contributed by atoms with van der Waals surface area (Å²) in [7, 11) is 0. The molecule has 4 heteroatoms. The lowest BCUT2D eigenvalue weighted by Crippen LogP contribution is -2.31. The zero-order valence-corrected chi connectivity index (χ0v) is 14.1. The van der Waals surface area contributed by atoms with Crippen molar-refractivity contribution in [3.8, 4) is 0 Å². The van der Waals surface area contributed by atoms with E-state index in [1.165, 1.54) is 12.1 Å². The van der Waals surface area contributed by atoms with E-state index in [1.807, 2.05) is 60.7 Å². The molecule has 0 saturated heterocycles. The summed E-state index contributed by atoms with van der Waals surface area (Å²) in [6.45, 7) is 0.311. The van der Waals surface area contributed by atoms with Gasteiger partial charge < -0.3 is 4.90 Å². The first kappa shape index (κ1) is 16.2. The molecule has 0 unspecified atom stereocenters. The molecule has 3 aromatic rings. The van der Waals surface area contributed by atoms with Crippen LogP contribution in [0.1, 0.15) is 17.5 Å². The van der Waals surface area contributed by atoms with E-state index in [1.54, 1.807) is 11.0 Å². The van der Waals surface area contributed by atoms with E-state index in [4.69, 9.17) is 4.99 Å². The number of carbonyl (C=O) groups is 1. The summed E-state index contributed by atoms with van der Waals surface area (Å²) in [5.74, 6) is -0.360. The Hall–Kier alpha value is -3.27. The van der Waals surface area contributed by atoms with Crippen molar-refractivity contribution in [3.63, 3.8) is 0 Å². The van der Waals surface area contributed by atoms with Crippen LogP contribution in [0, 0.1) is 5.82 Å². The Bertz CT molecular complexity index is 982. The van der Waals surface area contributed by atoms with Crippen molar-refractivity contribution in [2.75, 3.05) is 4.90 Å². The second kappa shape index (κ2) is 6.92. The van der Waals surface area contributed by atoms with Gasteiger partial charge in [0.1, 0.15) is 5.82 Å². The summed E-state index contributed by atoms with van der Waals surface area (Å²) in [5.41, 5.74) is 3.91. The molecule has 4 rings (SSSR count). The van der Waals surface area contributed by atoms with Gasteiger partial charge in [-0.1, -0.05) is 54.6 Å². The number of amides is 1. The smallest absolute Gasteiger partial charge is 0.233 e. The third-order valence-electron chi connectivity index (χ3n) is 4.38. The largest absolute Gasteiger partial charge is 0.306 e. The van der Waals surface area contributed by atoms with Crippen LogP contribution in [0.5, 0.6) is 0 Å². The van der Waals surface area contributed by atoms with Crippen molar-refractivity contribution in [2.24, 2.45) is 4.99 Å². The number of para-hydroxylation sites is 2. The molecule has 0 saturated carbocycles. The molecular formula is C22H17FN2O. The van der Waals surface area contributed by atoms with Gasteiger partial charge in [0.25, 0.3) is 0 Å². The third-order valence-corrected chi connectivity index (χ3v) is 4.38. The minimum Gasteiger partial charge on any atom is -0.306 e. The number of carbonyl (C=O) groups excluding carboxylic acids is 1. The van der Waals surface area contributed by atoms with Gasteiger partial charge in [-0.3, -0.25) is 9.79 Å².